The van der Waals surface area contributed by atoms with Gasteiger partial charge in [0, 0.05) is 42.8 Å². The van der Waals surface area contributed by atoms with E-state index in [9.17, 15) is 13.2 Å². The third-order valence-corrected chi connectivity index (χ3v) is 4.31. The fourth-order valence-corrected chi connectivity index (χ4v) is 3.31. The maximum Gasteiger partial charge on any atom is 0.416 e. The van der Waals surface area contributed by atoms with Gasteiger partial charge in [-0.25, -0.2) is 0 Å². The summed E-state index contributed by atoms with van der Waals surface area (Å²) in [5.41, 5.74) is -0.378. The van der Waals surface area contributed by atoms with Crippen LogP contribution >= 0.6 is 24.0 Å². The molecule has 0 bridgehead atoms. The normalized spacial score (nSPS) is 17.9. The summed E-state index contributed by atoms with van der Waals surface area (Å²) in [4.78, 5) is 2.12. The van der Waals surface area contributed by atoms with E-state index in [1.165, 1.54) is 6.07 Å². The average molecular weight is 371 g/mol. The molecule has 0 unspecified atom stereocenters. The first-order valence-electron chi connectivity index (χ1n) is 7.61. The van der Waals surface area contributed by atoms with Crippen LogP contribution in [0.2, 0.25) is 5.02 Å². The maximum absolute atomic E-state index is 13.4. The van der Waals surface area contributed by atoms with Crippen LogP contribution in [0.25, 0.3) is 0 Å². The van der Waals surface area contributed by atoms with Crippen molar-refractivity contribution in [2.24, 2.45) is 5.92 Å². The van der Waals surface area contributed by atoms with Gasteiger partial charge in [0.05, 0.1) is 5.56 Å². The molecule has 1 N–H and O–H groups in total. The molecule has 1 aliphatic rings. The SMILES string of the molecule is CC(C)C[C@@H](c1c(Cl)cccc1C(F)(F)F)N1CCNCC1.Cl. The highest BCUT2D eigenvalue weighted by Crippen LogP contribution is 2.42. The molecule has 0 aromatic heterocycles. The average Bonchev–Trinajstić information content (AvgIpc) is 2.44. The summed E-state index contributed by atoms with van der Waals surface area (Å²) < 4.78 is 40.2. The Morgan fingerprint density at radius 1 is 1.22 bits per heavy atom. The lowest BCUT2D eigenvalue weighted by molar-refractivity contribution is -0.138. The van der Waals surface area contributed by atoms with Crippen LogP contribution in [0.1, 0.15) is 37.4 Å². The monoisotopic (exact) mass is 370 g/mol. The number of nitrogens with one attached hydrogen (secondary N) is 1. The van der Waals surface area contributed by atoms with Crippen molar-refractivity contribution in [2.45, 2.75) is 32.5 Å². The van der Waals surface area contributed by atoms with E-state index in [1.54, 1.807) is 6.07 Å². The molecule has 0 aliphatic carbocycles. The van der Waals surface area contributed by atoms with Gasteiger partial charge in [-0.1, -0.05) is 31.5 Å². The van der Waals surface area contributed by atoms with Crippen molar-refractivity contribution in [3.05, 3.63) is 34.3 Å². The topological polar surface area (TPSA) is 15.3 Å². The van der Waals surface area contributed by atoms with Crippen molar-refractivity contribution >= 4 is 24.0 Å². The highest BCUT2D eigenvalue weighted by molar-refractivity contribution is 6.31. The number of alkyl halides is 3. The Balaban J connectivity index is 0.00000264. The molecular weight excluding hydrogens is 348 g/mol. The zero-order chi connectivity index (χ0) is 16.3. The third-order valence-electron chi connectivity index (χ3n) is 3.98. The van der Waals surface area contributed by atoms with Crippen molar-refractivity contribution in [3.8, 4) is 0 Å². The van der Waals surface area contributed by atoms with Crippen molar-refractivity contribution in [3.63, 3.8) is 0 Å². The first-order chi connectivity index (χ1) is 10.3. The van der Waals surface area contributed by atoms with Crippen molar-refractivity contribution < 1.29 is 13.2 Å². The molecule has 7 heteroatoms. The van der Waals surface area contributed by atoms with Crippen LogP contribution in [0.4, 0.5) is 13.2 Å². The molecule has 1 heterocycles. The number of piperazine rings is 1. The molecule has 0 saturated carbocycles. The van der Waals surface area contributed by atoms with E-state index in [-0.39, 0.29) is 35.0 Å². The number of nitrogens with zero attached hydrogens (tertiary/aromatic N) is 1. The molecule has 1 atom stereocenters. The number of hydrogen-bond acceptors (Lipinski definition) is 2. The molecule has 1 saturated heterocycles. The number of rotatable bonds is 4. The predicted molar refractivity (Wildman–Crippen MR) is 90.3 cm³/mol. The molecule has 1 aliphatic heterocycles. The first-order valence-corrected chi connectivity index (χ1v) is 7.99. The van der Waals surface area contributed by atoms with Gasteiger partial charge in [0.2, 0.25) is 0 Å². The van der Waals surface area contributed by atoms with Crippen LogP contribution in [-0.2, 0) is 6.18 Å². The fourth-order valence-electron chi connectivity index (χ4n) is 3.01. The van der Waals surface area contributed by atoms with E-state index < -0.39 is 11.7 Å². The van der Waals surface area contributed by atoms with Crippen LogP contribution in [0.15, 0.2) is 18.2 Å². The molecule has 0 radical (unpaired) electrons. The molecule has 2 rings (SSSR count). The number of hydrogen-bond donors (Lipinski definition) is 1. The third kappa shape index (κ3) is 5.24. The fraction of sp³-hybridized carbons (Fsp3) is 0.625. The zero-order valence-electron chi connectivity index (χ0n) is 13.3. The molecule has 0 spiro atoms. The summed E-state index contributed by atoms with van der Waals surface area (Å²) in [6.07, 6.45) is -3.73. The van der Waals surface area contributed by atoms with E-state index >= 15 is 0 Å². The van der Waals surface area contributed by atoms with Gasteiger partial charge >= 0.3 is 6.18 Å². The van der Waals surface area contributed by atoms with Gasteiger partial charge in [-0.3, -0.25) is 4.90 Å². The Morgan fingerprint density at radius 3 is 2.35 bits per heavy atom. The summed E-state index contributed by atoms with van der Waals surface area (Å²) in [7, 11) is 0. The maximum atomic E-state index is 13.4. The second-order valence-electron chi connectivity index (χ2n) is 6.13. The first kappa shape index (κ1) is 20.6. The van der Waals surface area contributed by atoms with Crippen LogP contribution in [0.5, 0.6) is 0 Å². The van der Waals surface area contributed by atoms with Gasteiger partial charge in [0.1, 0.15) is 0 Å². The number of halogens is 5. The van der Waals surface area contributed by atoms with Gasteiger partial charge < -0.3 is 5.32 Å². The highest BCUT2D eigenvalue weighted by Gasteiger charge is 2.38. The lowest BCUT2D eigenvalue weighted by Crippen LogP contribution is -2.45. The molecule has 2 nitrogen and oxygen atoms in total. The summed E-state index contributed by atoms with van der Waals surface area (Å²) in [6.45, 7) is 7.11. The van der Waals surface area contributed by atoms with E-state index in [0.29, 0.717) is 6.42 Å². The van der Waals surface area contributed by atoms with Crippen LogP contribution in [-0.4, -0.2) is 31.1 Å². The summed E-state index contributed by atoms with van der Waals surface area (Å²) in [5, 5.41) is 3.44. The van der Waals surface area contributed by atoms with E-state index in [0.717, 1.165) is 32.2 Å². The van der Waals surface area contributed by atoms with Gasteiger partial charge in [-0.15, -0.1) is 12.4 Å². The van der Waals surface area contributed by atoms with Crippen LogP contribution < -0.4 is 5.32 Å². The Bertz CT molecular complexity index is 501. The Hall–Kier alpha value is -0.490. The molecule has 1 aromatic rings. The van der Waals surface area contributed by atoms with Gasteiger partial charge in [0.15, 0.2) is 0 Å². The largest absolute Gasteiger partial charge is 0.416 e. The molecule has 1 fully saturated rings. The Morgan fingerprint density at radius 2 is 1.83 bits per heavy atom. The lowest BCUT2D eigenvalue weighted by atomic mass is 9.91. The minimum absolute atomic E-state index is 0. The lowest BCUT2D eigenvalue weighted by Gasteiger charge is -2.37. The Kier molecular flexibility index (Phi) is 7.65. The van der Waals surface area contributed by atoms with E-state index in [2.05, 4.69) is 10.2 Å². The quantitative estimate of drug-likeness (QED) is 0.820. The second-order valence-corrected chi connectivity index (χ2v) is 6.54. The molecule has 23 heavy (non-hydrogen) atoms. The smallest absolute Gasteiger partial charge is 0.314 e. The van der Waals surface area contributed by atoms with Gasteiger partial charge in [-0.2, -0.15) is 13.2 Å². The summed E-state index contributed by atoms with van der Waals surface area (Å²) in [6, 6.07) is 3.77. The zero-order valence-corrected chi connectivity index (χ0v) is 14.9. The van der Waals surface area contributed by atoms with Crippen molar-refractivity contribution in [1.29, 1.82) is 0 Å². The second kappa shape index (κ2) is 8.56. The molecule has 1 aromatic carbocycles. The standard InChI is InChI=1S/C16H22ClF3N2.ClH/c1-11(2)10-14(22-8-6-21-7-9-22)15-12(16(18,19)20)4-3-5-13(15)17;/h3-5,11,14,21H,6-10H2,1-2H3;1H/t14-;/m0./s1. The molecule has 0 amide bonds. The van der Waals surface area contributed by atoms with E-state index in [4.69, 9.17) is 11.6 Å². The van der Waals surface area contributed by atoms with Crippen molar-refractivity contribution in [2.75, 3.05) is 26.2 Å². The van der Waals surface area contributed by atoms with Gasteiger partial charge in [0.25, 0.3) is 0 Å². The predicted octanol–water partition coefficient (Wildman–Crippen LogP) is 4.77. The van der Waals surface area contributed by atoms with Crippen LogP contribution in [0.3, 0.4) is 0 Å². The molecular formula is C16H23Cl2F3N2. The molecule has 132 valence electrons. The minimum atomic E-state index is -4.39. The highest BCUT2D eigenvalue weighted by atomic mass is 35.5. The number of benzene rings is 1. The van der Waals surface area contributed by atoms with Crippen molar-refractivity contribution in [1.82, 2.24) is 10.2 Å². The summed E-state index contributed by atoms with van der Waals surface area (Å²) >= 11 is 6.19. The van der Waals surface area contributed by atoms with Crippen LogP contribution in [0, 0.1) is 5.92 Å². The van der Waals surface area contributed by atoms with E-state index in [1.807, 2.05) is 13.8 Å². The summed E-state index contributed by atoms with van der Waals surface area (Å²) in [5.74, 6) is 0.289. The van der Waals surface area contributed by atoms with Gasteiger partial charge in [-0.05, 0) is 24.5 Å². The Labute approximate surface area is 146 Å². The minimum Gasteiger partial charge on any atom is -0.314 e.